The normalized spacial score (nSPS) is 29.2. The predicted octanol–water partition coefficient (Wildman–Crippen LogP) is 3.60. The number of ether oxygens (including phenoxy) is 2. The molecule has 4 aliphatic rings. The van der Waals surface area contributed by atoms with Gasteiger partial charge in [-0.25, -0.2) is 14.4 Å². The standard InChI is InChI=1S/C22H28N2O5/c1-28-19(25)16-3-4-17(20(26)29-2)18(8-16)24-21(27)23-12-22-9-13-5-14(10-22)7-15(6-13)11-22/h3-4,8,13-15H,5-7,9-12H2,1-2H3,(H2,23,24,27). The van der Waals surface area contributed by atoms with E-state index in [2.05, 4.69) is 10.6 Å². The van der Waals surface area contributed by atoms with Crippen molar-refractivity contribution in [2.45, 2.75) is 38.5 Å². The van der Waals surface area contributed by atoms with Crippen molar-refractivity contribution in [1.82, 2.24) is 5.32 Å². The maximum atomic E-state index is 12.6. The van der Waals surface area contributed by atoms with Crippen molar-refractivity contribution < 1.29 is 23.9 Å². The maximum Gasteiger partial charge on any atom is 0.339 e. The van der Waals surface area contributed by atoms with Crippen LogP contribution in [0.2, 0.25) is 0 Å². The number of rotatable bonds is 5. The molecule has 0 aliphatic heterocycles. The molecule has 0 unspecified atom stereocenters. The van der Waals surface area contributed by atoms with E-state index >= 15 is 0 Å². The molecule has 7 nitrogen and oxygen atoms in total. The third-order valence-electron chi connectivity index (χ3n) is 6.88. The lowest BCUT2D eigenvalue weighted by Crippen LogP contribution is -2.51. The summed E-state index contributed by atoms with van der Waals surface area (Å²) in [5.41, 5.74) is 0.870. The molecular formula is C22H28N2O5. The van der Waals surface area contributed by atoms with Crippen LogP contribution in [0, 0.1) is 23.2 Å². The third-order valence-corrected chi connectivity index (χ3v) is 6.88. The highest BCUT2D eigenvalue weighted by Gasteiger charge is 2.50. The molecule has 0 spiro atoms. The Bertz CT molecular complexity index is 799. The molecule has 4 fully saturated rings. The maximum absolute atomic E-state index is 12.6. The SMILES string of the molecule is COC(=O)c1ccc(C(=O)OC)c(NC(=O)NCC23CC4CC(CC(C4)C2)C3)c1. The minimum absolute atomic E-state index is 0.185. The second-order valence-electron chi connectivity index (χ2n) is 8.97. The summed E-state index contributed by atoms with van der Waals surface area (Å²) in [6.45, 7) is 0.645. The van der Waals surface area contributed by atoms with E-state index in [1.54, 1.807) is 0 Å². The molecule has 7 heteroatoms. The first kappa shape index (κ1) is 19.7. The summed E-state index contributed by atoms with van der Waals surface area (Å²) in [7, 11) is 2.55. The van der Waals surface area contributed by atoms with Crippen LogP contribution in [0.5, 0.6) is 0 Å². The number of hydrogen-bond donors (Lipinski definition) is 2. The number of carbonyl (C=O) groups is 3. The van der Waals surface area contributed by atoms with Crippen LogP contribution in [0.1, 0.15) is 59.2 Å². The number of urea groups is 1. The van der Waals surface area contributed by atoms with Crippen molar-refractivity contribution in [2.24, 2.45) is 23.2 Å². The van der Waals surface area contributed by atoms with E-state index in [1.807, 2.05) is 0 Å². The van der Waals surface area contributed by atoms with E-state index < -0.39 is 11.9 Å². The first-order valence-electron chi connectivity index (χ1n) is 10.3. The van der Waals surface area contributed by atoms with Gasteiger partial charge in [0.15, 0.2) is 0 Å². The molecule has 2 N–H and O–H groups in total. The fraction of sp³-hybridized carbons (Fsp3) is 0.591. The molecule has 0 atom stereocenters. The smallest absolute Gasteiger partial charge is 0.339 e. The van der Waals surface area contributed by atoms with E-state index in [9.17, 15) is 14.4 Å². The molecule has 0 saturated heterocycles. The largest absolute Gasteiger partial charge is 0.465 e. The van der Waals surface area contributed by atoms with Crippen LogP contribution in [0.4, 0.5) is 10.5 Å². The van der Waals surface area contributed by atoms with Gasteiger partial charge >= 0.3 is 18.0 Å². The van der Waals surface area contributed by atoms with Gasteiger partial charge in [-0.3, -0.25) is 0 Å². The van der Waals surface area contributed by atoms with Crippen LogP contribution in [-0.2, 0) is 9.47 Å². The number of benzene rings is 1. The average Bonchev–Trinajstić information content (AvgIpc) is 2.70. The molecule has 1 aromatic carbocycles. The van der Waals surface area contributed by atoms with Gasteiger partial charge in [0.25, 0.3) is 0 Å². The van der Waals surface area contributed by atoms with E-state index in [4.69, 9.17) is 9.47 Å². The van der Waals surface area contributed by atoms with Crippen molar-refractivity contribution in [1.29, 1.82) is 0 Å². The van der Waals surface area contributed by atoms with E-state index in [1.165, 1.54) is 70.9 Å². The Morgan fingerprint density at radius 1 is 0.966 bits per heavy atom. The monoisotopic (exact) mass is 400 g/mol. The summed E-state index contributed by atoms with van der Waals surface area (Å²) >= 11 is 0. The Morgan fingerprint density at radius 3 is 2.10 bits per heavy atom. The fourth-order valence-electron chi connectivity index (χ4n) is 6.12. The quantitative estimate of drug-likeness (QED) is 0.737. The van der Waals surface area contributed by atoms with Crippen molar-refractivity contribution in [3.8, 4) is 0 Å². The molecular weight excluding hydrogens is 372 g/mol. The Kier molecular flexibility index (Phi) is 5.23. The second-order valence-corrected chi connectivity index (χ2v) is 8.97. The van der Waals surface area contributed by atoms with Gasteiger partial charge in [0, 0.05) is 6.54 Å². The van der Waals surface area contributed by atoms with Gasteiger partial charge in [-0.15, -0.1) is 0 Å². The topological polar surface area (TPSA) is 93.7 Å². The van der Waals surface area contributed by atoms with Crippen LogP contribution < -0.4 is 10.6 Å². The molecule has 156 valence electrons. The molecule has 0 aromatic heterocycles. The van der Waals surface area contributed by atoms with Gasteiger partial charge in [-0.1, -0.05) is 0 Å². The number of nitrogens with one attached hydrogen (secondary N) is 2. The number of amides is 2. The lowest BCUT2D eigenvalue weighted by atomic mass is 9.49. The number of carbonyl (C=O) groups excluding carboxylic acids is 3. The van der Waals surface area contributed by atoms with Crippen LogP contribution in [0.25, 0.3) is 0 Å². The first-order valence-corrected chi connectivity index (χ1v) is 10.3. The second kappa shape index (κ2) is 7.69. The number of esters is 2. The van der Waals surface area contributed by atoms with Gasteiger partial charge in [0.05, 0.1) is 31.0 Å². The highest BCUT2D eigenvalue weighted by molar-refractivity contribution is 6.03. The third kappa shape index (κ3) is 3.95. The summed E-state index contributed by atoms with van der Waals surface area (Å²) in [6, 6.07) is 3.97. The zero-order valence-electron chi connectivity index (χ0n) is 17.0. The molecule has 4 bridgehead atoms. The van der Waals surface area contributed by atoms with Crippen molar-refractivity contribution in [2.75, 3.05) is 26.1 Å². The minimum atomic E-state index is -0.585. The lowest BCUT2D eigenvalue weighted by molar-refractivity contribution is -0.0496. The number of methoxy groups -OCH3 is 2. The van der Waals surface area contributed by atoms with Gasteiger partial charge in [-0.2, -0.15) is 0 Å². The van der Waals surface area contributed by atoms with Gasteiger partial charge < -0.3 is 20.1 Å². The summed E-state index contributed by atoms with van der Waals surface area (Å²) in [5, 5.41) is 5.74. The Hall–Kier alpha value is -2.57. The van der Waals surface area contributed by atoms with Crippen molar-refractivity contribution >= 4 is 23.7 Å². The predicted molar refractivity (Wildman–Crippen MR) is 107 cm³/mol. The summed E-state index contributed by atoms with van der Waals surface area (Å²) in [4.78, 5) is 36.5. The fourth-order valence-corrected chi connectivity index (χ4v) is 6.12. The molecule has 4 saturated carbocycles. The zero-order valence-corrected chi connectivity index (χ0v) is 17.0. The molecule has 0 heterocycles. The van der Waals surface area contributed by atoms with E-state index in [-0.39, 0.29) is 28.3 Å². The van der Waals surface area contributed by atoms with Crippen LogP contribution in [-0.4, -0.2) is 38.7 Å². The first-order chi connectivity index (χ1) is 13.9. The average molecular weight is 400 g/mol. The van der Waals surface area contributed by atoms with E-state index in [0.717, 1.165) is 17.8 Å². The lowest BCUT2D eigenvalue weighted by Gasteiger charge is -2.56. The molecule has 5 rings (SSSR count). The molecule has 29 heavy (non-hydrogen) atoms. The van der Waals surface area contributed by atoms with Gasteiger partial charge in [-0.05, 0) is 79.9 Å². The molecule has 2 amide bonds. The zero-order chi connectivity index (χ0) is 20.6. The minimum Gasteiger partial charge on any atom is -0.465 e. The van der Waals surface area contributed by atoms with Gasteiger partial charge in [0.2, 0.25) is 0 Å². The Labute approximate surface area is 170 Å². The molecule has 1 aromatic rings. The molecule has 0 radical (unpaired) electrons. The number of anilines is 1. The molecule has 4 aliphatic carbocycles. The van der Waals surface area contributed by atoms with Crippen molar-refractivity contribution in [3.63, 3.8) is 0 Å². The van der Waals surface area contributed by atoms with Gasteiger partial charge in [0.1, 0.15) is 0 Å². The van der Waals surface area contributed by atoms with Crippen LogP contribution in [0.3, 0.4) is 0 Å². The Morgan fingerprint density at radius 2 is 1.55 bits per heavy atom. The summed E-state index contributed by atoms with van der Waals surface area (Å²) < 4.78 is 9.51. The highest BCUT2D eigenvalue weighted by Crippen LogP contribution is 2.59. The van der Waals surface area contributed by atoms with Crippen molar-refractivity contribution in [3.05, 3.63) is 29.3 Å². The Balaban J connectivity index is 1.45. The highest BCUT2D eigenvalue weighted by atomic mass is 16.5. The number of hydrogen-bond acceptors (Lipinski definition) is 5. The summed E-state index contributed by atoms with van der Waals surface area (Å²) in [6.07, 6.45) is 7.66. The van der Waals surface area contributed by atoms with E-state index in [0.29, 0.717) is 6.54 Å². The van der Waals surface area contributed by atoms with Crippen LogP contribution in [0.15, 0.2) is 18.2 Å². The summed E-state index contributed by atoms with van der Waals surface area (Å²) in [5.74, 6) is 1.31. The van der Waals surface area contributed by atoms with Crippen LogP contribution >= 0.6 is 0 Å².